The predicted molar refractivity (Wildman–Crippen MR) is 121 cm³/mol. The maximum Gasteiger partial charge on any atom is 0.643 e. The van der Waals surface area contributed by atoms with Gasteiger partial charge in [0, 0.05) is 15.9 Å². The van der Waals surface area contributed by atoms with Gasteiger partial charge in [0.05, 0.1) is 5.56 Å². The average molecular weight is 579 g/mol. The monoisotopic (exact) mass is 576 g/mol. The SMILES string of the molecule is C.CC(=O)Oc1cccc(Br)c1.CC(=O)c1ccc(Br)cc1O.[Cl][Al]([Cl])[Cl]. The Bertz CT molecular complexity index is 743. The van der Waals surface area contributed by atoms with Crippen molar-refractivity contribution in [3.8, 4) is 11.5 Å². The first-order chi connectivity index (χ1) is 12.0. The topological polar surface area (TPSA) is 63.6 Å². The largest absolute Gasteiger partial charge is 0.643 e. The maximum absolute atomic E-state index is 10.8. The Morgan fingerprint density at radius 2 is 1.52 bits per heavy atom. The standard InChI is InChI=1S/2C8H7BrO2.CH4.Al.3ClH/c1-5(10)7-3-2-6(9)4-8(7)11;1-6(10)11-8-4-2-3-7(9)5-8;;;;;/h2-4,11H,1H3;2-5H,1H3;1H4;;3*1H/q;;;+3;;;/p-3. The summed E-state index contributed by atoms with van der Waals surface area (Å²) in [4.78, 5) is 21.3. The van der Waals surface area contributed by atoms with Crippen molar-refractivity contribution in [3.63, 3.8) is 0 Å². The molecule has 0 spiro atoms. The molecule has 2 rings (SSSR count). The second-order valence-electron chi connectivity index (χ2n) is 4.52. The third kappa shape index (κ3) is 15.4. The molecule has 2 aromatic rings. The van der Waals surface area contributed by atoms with E-state index in [1.54, 1.807) is 24.3 Å². The molecule has 0 fully saturated rings. The molecular formula is C17H18AlBr2Cl3O4. The van der Waals surface area contributed by atoms with E-state index in [4.69, 9.17) is 34.9 Å². The van der Waals surface area contributed by atoms with Crippen LogP contribution in [0.1, 0.15) is 31.6 Å². The van der Waals surface area contributed by atoms with Crippen LogP contribution < -0.4 is 4.74 Å². The van der Waals surface area contributed by atoms with E-state index < -0.39 is 11.4 Å². The first-order valence-electron chi connectivity index (χ1n) is 6.88. The molecule has 0 aliphatic heterocycles. The highest BCUT2D eigenvalue weighted by atomic mass is 79.9. The number of benzene rings is 2. The Labute approximate surface area is 193 Å². The van der Waals surface area contributed by atoms with Gasteiger partial charge in [0.15, 0.2) is 5.78 Å². The van der Waals surface area contributed by atoms with Gasteiger partial charge in [0.25, 0.3) is 0 Å². The Morgan fingerprint density at radius 3 is 1.93 bits per heavy atom. The van der Waals surface area contributed by atoms with Crippen LogP contribution in [0.3, 0.4) is 0 Å². The summed E-state index contributed by atoms with van der Waals surface area (Å²) in [5.41, 5.74) is 0.355. The molecular weight excluding hydrogens is 561 g/mol. The maximum atomic E-state index is 10.8. The van der Waals surface area contributed by atoms with E-state index in [1.165, 1.54) is 19.9 Å². The molecule has 148 valence electrons. The number of phenolic OH excluding ortho intramolecular Hbond substituents is 1. The van der Waals surface area contributed by atoms with Crippen molar-refractivity contribution in [1.29, 1.82) is 0 Å². The quantitative estimate of drug-likeness (QED) is 0.179. The van der Waals surface area contributed by atoms with Crippen molar-refractivity contribution in [2.24, 2.45) is 0 Å². The lowest BCUT2D eigenvalue weighted by Gasteiger charge is -1.99. The number of rotatable bonds is 2. The van der Waals surface area contributed by atoms with Crippen molar-refractivity contribution < 1.29 is 19.4 Å². The first-order valence-corrected chi connectivity index (χ1v) is 13.7. The number of aromatic hydroxyl groups is 1. The Kier molecular flexibility index (Phi) is 16.8. The van der Waals surface area contributed by atoms with Gasteiger partial charge in [-0.3, -0.25) is 9.59 Å². The van der Waals surface area contributed by atoms with Crippen LogP contribution in [-0.4, -0.2) is 28.2 Å². The summed E-state index contributed by atoms with van der Waals surface area (Å²) in [6, 6.07) is 11.9. The molecule has 0 saturated heterocycles. The van der Waals surface area contributed by atoms with Crippen molar-refractivity contribution in [3.05, 3.63) is 57.0 Å². The summed E-state index contributed by atoms with van der Waals surface area (Å²) in [7, 11) is 14.8. The molecule has 0 aromatic heterocycles. The number of Topliss-reactive ketones (excluding diaryl/α,β-unsaturated/α-hetero) is 1. The lowest BCUT2D eigenvalue weighted by molar-refractivity contribution is -0.131. The van der Waals surface area contributed by atoms with E-state index in [2.05, 4.69) is 31.9 Å². The number of hydrogen-bond donors (Lipinski definition) is 1. The van der Waals surface area contributed by atoms with Gasteiger partial charge < -0.3 is 9.84 Å². The summed E-state index contributed by atoms with van der Waals surface area (Å²) in [5.74, 6) is 0.150. The summed E-state index contributed by atoms with van der Waals surface area (Å²) in [6.45, 7) is 2.80. The molecule has 0 bridgehead atoms. The third-order valence-corrected chi connectivity index (χ3v) is 3.38. The van der Waals surface area contributed by atoms with Crippen molar-refractivity contribution in [1.82, 2.24) is 0 Å². The predicted octanol–water partition coefficient (Wildman–Crippen LogP) is 7.06. The van der Waals surface area contributed by atoms with Gasteiger partial charge in [-0.1, -0.05) is 45.4 Å². The van der Waals surface area contributed by atoms with E-state index in [0.717, 1.165) is 8.95 Å². The number of ether oxygens (including phenoxy) is 1. The summed E-state index contributed by atoms with van der Waals surface area (Å²) >= 11 is 4.71. The van der Waals surface area contributed by atoms with Crippen molar-refractivity contribution >= 4 is 85.1 Å². The smallest absolute Gasteiger partial charge is 0.507 e. The molecule has 10 heteroatoms. The van der Waals surface area contributed by atoms with Crippen LogP contribution in [0.5, 0.6) is 11.5 Å². The summed E-state index contributed by atoms with van der Waals surface area (Å²) < 4.78 is 6.49. The minimum Gasteiger partial charge on any atom is -0.507 e. The van der Waals surface area contributed by atoms with Crippen molar-refractivity contribution in [2.75, 3.05) is 0 Å². The molecule has 0 aliphatic rings. The number of esters is 1. The van der Waals surface area contributed by atoms with Gasteiger partial charge in [-0.25, -0.2) is 30.1 Å². The summed E-state index contributed by atoms with van der Waals surface area (Å²) in [6.07, 6.45) is 0. The molecule has 0 saturated carbocycles. The van der Waals surface area contributed by atoms with Gasteiger partial charge in [0.1, 0.15) is 11.5 Å². The number of hydrogen-bond acceptors (Lipinski definition) is 4. The van der Waals surface area contributed by atoms with E-state index in [1.807, 2.05) is 12.1 Å². The fourth-order valence-electron chi connectivity index (χ4n) is 1.50. The van der Waals surface area contributed by atoms with Crippen LogP contribution >= 0.6 is 62.0 Å². The minimum atomic E-state index is -1.72. The molecule has 0 heterocycles. The number of ketones is 1. The van der Waals surface area contributed by atoms with E-state index in [9.17, 15) is 14.7 Å². The normalized spacial score (nSPS) is 8.70. The van der Waals surface area contributed by atoms with Gasteiger partial charge in [-0.05, 0) is 43.3 Å². The Balaban J connectivity index is 0. The second kappa shape index (κ2) is 15.6. The minimum absolute atomic E-state index is 0. The third-order valence-electron chi connectivity index (χ3n) is 2.40. The van der Waals surface area contributed by atoms with Gasteiger partial charge >= 0.3 is 17.4 Å². The van der Waals surface area contributed by atoms with E-state index in [0.29, 0.717) is 11.3 Å². The second-order valence-corrected chi connectivity index (χ2v) is 12.8. The highest BCUT2D eigenvalue weighted by Gasteiger charge is 2.05. The summed E-state index contributed by atoms with van der Waals surface area (Å²) in [5, 5.41) is 9.21. The zero-order chi connectivity index (χ0) is 20.3. The lowest BCUT2D eigenvalue weighted by atomic mass is 10.1. The van der Waals surface area contributed by atoms with E-state index >= 15 is 0 Å². The van der Waals surface area contributed by atoms with Crippen molar-refractivity contribution in [2.45, 2.75) is 21.3 Å². The molecule has 0 aliphatic carbocycles. The van der Waals surface area contributed by atoms with Gasteiger partial charge in [0.2, 0.25) is 0 Å². The fraction of sp³-hybridized carbons (Fsp3) is 0.176. The van der Waals surface area contributed by atoms with Crippen LogP contribution in [0, 0.1) is 0 Å². The van der Waals surface area contributed by atoms with Crippen LogP contribution in [0.25, 0.3) is 0 Å². The molecule has 0 unspecified atom stereocenters. The zero-order valence-electron chi connectivity index (χ0n) is 13.7. The lowest BCUT2D eigenvalue weighted by Crippen LogP contribution is -2.00. The molecule has 1 N–H and O–H groups in total. The first kappa shape index (κ1) is 28.9. The van der Waals surface area contributed by atoms with Gasteiger partial charge in [-0.2, -0.15) is 0 Å². The molecule has 4 nitrogen and oxygen atoms in total. The molecule has 0 atom stereocenters. The Hall–Kier alpha value is -0.258. The highest BCUT2D eigenvalue weighted by Crippen LogP contribution is 2.22. The average Bonchev–Trinajstić information content (AvgIpc) is 2.46. The molecule has 2 aromatic carbocycles. The molecule has 27 heavy (non-hydrogen) atoms. The zero-order valence-corrected chi connectivity index (χ0v) is 20.3. The van der Waals surface area contributed by atoms with Crippen LogP contribution in [-0.2, 0) is 4.79 Å². The van der Waals surface area contributed by atoms with Gasteiger partial charge in [-0.15, -0.1) is 0 Å². The number of carbonyl (C=O) groups is 2. The van der Waals surface area contributed by atoms with Crippen LogP contribution in [0.2, 0.25) is 0 Å². The fourth-order valence-corrected chi connectivity index (χ4v) is 2.23. The number of halogens is 5. The molecule has 0 amide bonds. The number of phenols is 1. The highest BCUT2D eigenvalue weighted by molar-refractivity contribution is 9.10. The Morgan fingerprint density at radius 1 is 1.00 bits per heavy atom. The van der Waals surface area contributed by atoms with E-state index in [-0.39, 0.29) is 24.9 Å². The van der Waals surface area contributed by atoms with Crippen LogP contribution in [0.15, 0.2) is 51.4 Å². The number of carbonyl (C=O) groups excluding carboxylic acids is 2. The molecule has 0 radical (unpaired) electrons. The van der Waals surface area contributed by atoms with Crippen LogP contribution in [0.4, 0.5) is 0 Å².